The second kappa shape index (κ2) is 5.57. The second-order valence-electron chi connectivity index (χ2n) is 5.92. The molecule has 0 saturated carbocycles. The van der Waals surface area contributed by atoms with Gasteiger partial charge in [0.05, 0.1) is 6.61 Å². The highest BCUT2D eigenvalue weighted by molar-refractivity contribution is 7.15. The Morgan fingerprint density at radius 1 is 1.48 bits per heavy atom. The van der Waals surface area contributed by atoms with Crippen LogP contribution in [0.4, 0.5) is 0 Å². The molecular weight excluding hydrogens is 290 g/mol. The van der Waals surface area contributed by atoms with E-state index in [1.165, 1.54) is 26.8 Å². The van der Waals surface area contributed by atoms with Crippen LogP contribution in [-0.2, 0) is 5.41 Å². The summed E-state index contributed by atoms with van der Waals surface area (Å²) in [6.07, 6.45) is 1.32. The van der Waals surface area contributed by atoms with Crippen molar-refractivity contribution in [3.8, 4) is 0 Å². The lowest BCUT2D eigenvalue weighted by Gasteiger charge is -2.18. The van der Waals surface area contributed by atoms with Crippen molar-refractivity contribution >= 4 is 22.2 Å². The summed E-state index contributed by atoms with van der Waals surface area (Å²) in [6.45, 7) is 6.05. The van der Waals surface area contributed by atoms with Crippen LogP contribution in [0, 0.1) is 0 Å². The van der Waals surface area contributed by atoms with Crippen molar-refractivity contribution in [3.63, 3.8) is 0 Å². The number of rotatable bonds is 3. The SMILES string of the molecule is CN(CCO)C(=O)c1cnc2scc(C(C)(C)C)n2c1=O. The van der Waals surface area contributed by atoms with Gasteiger partial charge < -0.3 is 10.0 Å². The lowest BCUT2D eigenvalue weighted by Crippen LogP contribution is -2.35. The van der Waals surface area contributed by atoms with Crippen molar-refractivity contribution < 1.29 is 9.90 Å². The molecule has 2 rings (SSSR count). The number of likely N-dealkylation sites (N-methyl/N-ethyl adjacent to an activating group) is 1. The van der Waals surface area contributed by atoms with Gasteiger partial charge in [-0.1, -0.05) is 20.8 Å². The molecule has 0 aliphatic heterocycles. The minimum absolute atomic E-state index is 0.0207. The van der Waals surface area contributed by atoms with Crippen LogP contribution < -0.4 is 5.56 Å². The van der Waals surface area contributed by atoms with E-state index in [0.29, 0.717) is 4.96 Å². The molecular formula is C14H19N3O3S. The molecule has 0 aromatic carbocycles. The number of hydrogen-bond donors (Lipinski definition) is 1. The fraction of sp³-hybridized carbons (Fsp3) is 0.500. The van der Waals surface area contributed by atoms with Crippen LogP contribution in [0.5, 0.6) is 0 Å². The highest BCUT2D eigenvalue weighted by Crippen LogP contribution is 2.25. The molecule has 7 heteroatoms. The average molecular weight is 309 g/mol. The van der Waals surface area contributed by atoms with Crippen LogP contribution in [0.3, 0.4) is 0 Å². The van der Waals surface area contributed by atoms with Gasteiger partial charge in [0.2, 0.25) is 0 Å². The third kappa shape index (κ3) is 2.84. The fourth-order valence-corrected chi connectivity index (χ4v) is 3.09. The zero-order chi connectivity index (χ0) is 15.8. The van der Waals surface area contributed by atoms with E-state index in [9.17, 15) is 9.59 Å². The number of carbonyl (C=O) groups is 1. The first-order valence-electron chi connectivity index (χ1n) is 6.63. The van der Waals surface area contributed by atoms with E-state index in [1.807, 2.05) is 26.2 Å². The molecule has 21 heavy (non-hydrogen) atoms. The van der Waals surface area contributed by atoms with Gasteiger partial charge in [-0.2, -0.15) is 0 Å². The van der Waals surface area contributed by atoms with Crippen molar-refractivity contribution in [2.75, 3.05) is 20.2 Å². The summed E-state index contributed by atoms with van der Waals surface area (Å²) in [7, 11) is 1.55. The highest BCUT2D eigenvalue weighted by Gasteiger charge is 2.23. The van der Waals surface area contributed by atoms with Crippen molar-refractivity contribution in [2.45, 2.75) is 26.2 Å². The van der Waals surface area contributed by atoms with Gasteiger partial charge >= 0.3 is 0 Å². The third-order valence-corrected chi connectivity index (χ3v) is 4.07. The molecule has 114 valence electrons. The Bertz CT molecular complexity index is 727. The first kappa shape index (κ1) is 15.7. The number of hydrogen-bond acceptors (Lipinski definition) is 5. The van der Waals surface area contributed by atoms with Crippen molar-refractivity contribution in [3.05, 3.63) is 33.2 Å². The molecule has 6 nitrogen and oxygen atoms in total. The van der Waals surface area contributed by atoms with Crippen molar-refractivity contribution in [2.24, 2.45) is 0 Å². The molecule has 0 spiro atoms. The summed E-state index contributed by atoms with van der Waals surface area (Å²) in [6, 6.07) is 0. The van der Waals surface area contributed by atoms with Crippen LogP contribution in [0.15, 0.2) is 16.4 Å². The Balaban J connectivity index is 2.61. The molecule has 0 bridgehead atoms. The number of nitrogens with zero attached hydrogens (tertiary/aromatic N) is 3. The molecule has 0 aliphatic rings. The van der Waals surface area contributed by atoms with Gasteiger partial charge in [0, 0.05) is 36.3 Å². The molecule has 0 aliphatic carbocycles. The smallest absolute Gasteiger partial charge is 0.271 e. The topological polar surface area (TPSA) is 74.9 Å². The Morgan fingerprint density at radius 3 is 2.71 bits per heavy atom. The first-order valence-corrected chi connectivity index (χ1v) is 7.51. The Hall–Kier alpha value is -1.73. The molecule has 0 atom stereocenters. The lowest BCUT2D eigenvalue weighted by molar-refractivity contribution is 0.0764. The van der Waals surface area contributed by atoms with Crippen molar-refractivity contribution in [1.82, 2.24) is 14.3 Å². The largest absolute Gasteiger partial charge is 0.395 e. The quantitative estimate of drug-likeness (QED) is 0.922. The van der Waals surface area contributed by atoms with Gasteiger partial charge in [-0.25, -0.2) is 4.98 Å². The summed E-state index contributed by atoms with van der Waals surface area (Å²) in [4.78, 5) is 31.0. The van der Waals surface area contributed by atoms with Gasteiger partial charge in [0.15, 0.2) is 4.96 Å². The van der Waals surface area contributed by atoms with E-state index in [-0.39, 0.29) is 29.7 Å². The number of fused-ring (bicyclic) bond motifs is 1. The molecule has 0 unspecified atom stereocenters. The van der Waals surface area contributed by atoms with Gasteiger partial charge in [0.25, 0.3) is 11.5 Å². The number of amides is 1. The van der Waals surface area contributed by atoms with E-state index in [4.69, 9.17) is 5.11 Å². The lowest BCUT2D eigenvalue weighted by atomic mass is 9.93. The van der Waals surface area contributed by atoms with Gasteiger partial charge in [0.1, 0.15) is 5.56 Å². The Morgan fingerprint density at radius 2 is 2.14 bits per heavy atom. The van der Waals surface area contributed by atoms with Crippen LogP contribution in [0.1, 0.15) is 36.8 Å². The molecule has 2 aromatic heterocycles. The van der Waals surface area contributed by atoms with E-state index < -0.39 is 5.91 Å². The van der Waals surface area contributed by atoms with Gasteiger partial charge in [-0.05, 0) is 0 Å². The fourth-order valence-electron chi connectivity index (χ4n) is 2.01. The van der Waals surface area contributed by atoms with Gasteiger partial charge in [-0.3, -0.25) is 14.0 Å². The number of aliphatic hydroxyl groups excluding tert-OH is 1. The monoisotopic (exact) mass is 309 g/mol. The number of carbonyl (C=O) groups excluding carboxylic acids is 1. The van der Waals surface area contributed by atoms with Crippen LogP contribution >= 0.6 is 11.3 Å². The molecule has 0 saturated heterocycles. The summed E-state index contributed by atoms with van der Waals surface area (Å²) in [5.41, 5.74) is 0.273. The number of aromatic nitrogens is 2. The van der Waals surface area contributed by atoms with E-state index >= 15 is 0 Å². The molecule has 1 N–H and O–H groups in total. The molecule has 0 radical (unpaired) electrons. The maximum absolute atomic E-state index is 12.6. The van der Waals surface area contributed by atoms with Crippen LogP contribution in [-0.4, -0.2) is 45.5 Å². The summed E-state index contributed by atoms with van der Waals surface area (Å²) >= 11 is 1.38. The molecule has 2 aromatic rings. The molecule has 0 fully saturated rings. The minimum Gasteiger partial charge on any atom is -0.395 e. The van der Waals surface area contributed by atoms with E-state index in [2.05, 4.69) is 4.98 Å². The first-order chi connectivity index (χ1) is 9.77. The molecule has 2 heterocycles. The minimum atomic E-state index is -0.429. The molecule has 1 amide bonds. The van der Waals surface area contributed by atoms with E-state index in [1.54, 1.807) is 7.05 Å². The maximum Gasteiger partial charge on any atom is 0.271 e. The third-order valence-electron chi connectivity index (χ3n) is 3.23. The summed E-state index contributed by atoms with van der Waals surface area (Å²) in [5, 5.41) is 10.8. The Labute approximate surface area is 126 Å². The zero-order valence-electron chi connectivity index (χ0n) is 12.6. The zero-order valence-corrected chi connectivity index (χ0v) is 13.4. The van der Waals surface area contributed by atoms with Crippen LogP contribution in [0.25, 0.3) is 4.96 Å². The summed E-state index contributed by atoms with van der Waals surface area (Å²) < 4.78 is 1.50. The second-order valence-corrected chi connectivity index (χ2v) is 6.75. The summed E-state index contributed by atoms with van der Waals surface area (Å²) in [5.74, 6) is -0.429. The predicted molar refractivity (Wildman–Crippen MR) is 82.1 cm³/mol. The number of aliphatic hydroxyl groups is 1. The van der Waals surface area contributed by atoms with E-state index in [0.717, 1.165) is 5.69 Å². The number of thiazole rings is 1. The predicted octanol–water partition coefficient (Wildman–Crippen LogP) is 1.12. The maximum atomic E-state index is 12.6. The van der Waals surface area contributed by atoms with Crippen molar-refractivity contribution in [1.29, 1.82) is 0 Å². The van der Waals surface area contributed by atoms with Gasteiger partial charge in [-0.15, -0.1) is 11.3 Å². The normalized spacial score (nSPS) is 11.9. The van der Waals surface area contributed by atoms with Crippen LogP contribution in [0.2, 0.25) is 0 Å². The highest BCUT2D eigenvalue weighted by atomic mass is 32.1. The average Bonchev–Trinajstić information content (AvgIpc) is 2.83. The Kier molecular flexibility index (Phi) is 4.15. The standard InChI is InChI=1S/C14H19N3O3S/c1-14(2,3)10-8-21-13-15-7-9(12(20)17(10)13)11(19)16(4)5-6-18/h7-8,18H,5-6H2,1-4H3.